The predicted molar refractivity (Wildman–Crippen MR) is 84.4 cm³/mol. The van der Waals surface area contributed by atoms with Gasteiger partial charge >= 0.3 is 0 Å². The van der Waals surface area contributed by atoms with Crippen LogP contribution in [0.1, 0.15) is 16.1 Å². The molecule has 0 aliphatic heterocycles. The molecule has 0 amide bonds. The maximum atomic E-state index is 12.0. The zero-order chi connectivity index (χ0) is 14.7. The SMILES string of the molecule is O=C(/C=C/c1ccc2ncccc2c1)c1ccc(Cl)cn1. The molecule has 3 aromatic rings. The molecule has 0 aliphatic carbocycles. The van der Waals surface area contributed by atoms with Crippen LogP contribution in [0.25, 0.3) is 17.0 Å². The van der Waals surface area contributed by atoms with Gasteiger partial charge in [0.05, 0.1) is 10.5 Å². The third-order valence-corrected chi connectivity index (χ3v) is 3.26. The van der Waals surface area contributed by atoms with Crippen molar-refractivity contribution >= 4 is 34.4 Å². The topological polar surface area (TPSA) is 42.9 Å². The second kappa shape index (κ2) is 5.85. The fourth-order valence-corrected chi connectivity index (χ4v) is 2.09. The Morgan fingerprint density at radius 2 is 2.00 bits per heavy atom. The van der Waals surface area contributed by atoms with Crippen molar-refractivity contribution in [2.75, 3.05) is 0 Å². The highest BCUT2D eigenvalue weighted by atomic mass is 35.5. The average molecular weight is 295 g/mol. The Hall–Kier alpha value is -2.52. The van der Waals surface area contributed by atoms with E-state index in [9.17, 15) is 4.79 Å². The lowest BCUT2D eigenvalue weighted by atomic mass is 10.1. The van der Waals surface area contributed by atoms with Gasteiger partial charge in [-0.25, -0.2) is 0 Å². The maximum absolute atomic E-state index is 12.0. The molecular formula is C17H11ClN2O. The van der Waals surface area contributed by atoms with Gasteiger partial charge in [0.2, 0.25) is 5.78 Å². The second-order valence-corrected chi connectivity index (χ2v) is 4.95. The summed E-state index contributed by atoms with van der Waals surface area (Å²) in [5, 5.41) is 1.55. The van der Waals surface area contributed by atoms with Crippen LogP contribution >= 0.6 is 11.6 Å². The maximum Gasteiger partial charge on any atom is 0.204 e. The number of pyridine rings is 2. The van der Waals surface area contributed by atoms with Gasteiger partial charge in [0.1, 0.15) is 5.69 Å². The van der Waals surface area contributed by atoms with E-state index in [1.54, 1.807) is 24.4 Å². The number of benzene rings is 1. The summed E-state index contributed by atoms with van der Waals surface area (Å²) in [4.78, 5) is 20.2. The summed E-state index contributed by atoms with van der Waals surface area (Å²) in [6, 6.07) is 13.0. The fourth-order valence-electron chi connectivity index (χ4n) is 1.98. The molecule has 0 unspecified atom stereocenters. The van der Waals surface area contributed by atoms with Crippen molar-refractivity contribution in [3.63, 3.8) is 0 Å². The minimum Gasteiger partial charge on any atom is -0.288 e. The Morgan fingerprint density at radius 3 is 2.81 bits per heavy atom. The van der Waals surface area contributed by atoms with Crippen molar-refractivity contribution < 1.29 is 4.79 Å². The van der Waals surface area contributed by atoms with Crippen LogP contribution in [-0.2, 0) is 0 Å². The van der Waals surface area contributed by atoms with Crippen molar-refractivity contribution in [2.45, 2.75) is 0 Å². The summed E-state index contributed by atoms with van der Waals surface area (Å²) in [5.74, 6) is -0.155. The zero-order valence-electron chi connectivity index (χ0n) is 11.0. The first-order chi connectivity index (χ1) is 10.2. The van der Waals surface area contributed by atoms with Gasteiger partial charge in [-0.2, -0.15) is 0 Å². The number of hydrogen-bond donors (Lipinski definition) is 0. The minimum absolute atomic E-state index is 0.155. The van der Waals surface area contributed by atoms with E-state index in [0.717, 1.165) is 16.5 Å². The highest BCUT2D eigenvalue weighted by Crippen LogP contribution is 2.15. The summed E-state index contributed by atoms with van der Waals surface area (Å²) in [7, 11) is 0. The molecule has 0 saturated carbocycles. The largest absolute Gasteiger partial charge is 0.288 e. The molecule has 0 bridgehead atoms. The lowest BCUT2D eigenvalue weighted by Crippen LogP contribution is -1.97. The number of halogens is 1. The van der Waals surface area contributed by atoms with Crippen LogP contribution in [-0.4, -0.2) is 15.8 Å². The lowest BCUT2D eigenvalue weighted by molar-refractivity contribution is 0.104. The first kappa shape index (κ1) is 13.5. The first-order valence-electron chi connectivity index (χ1n) is 6.41. The molecule has 102 valence electrons. The van der Waals surface area contributed by atoms with E-state index in [1.165, 1.54) is 12.3 Å². The van der Waals surface area contributed by atoms with Gasteiger partial charge in [-0.1, -0.05) is 29.8 Å². The molecule has 0 spiro atoms. The molecule has 3 nitrogen and oxygen atoms in total. The quantitative estimate of drug-likeness (QED) is 0.537. The number of aromatic nitrogens is 2. The molecule has 0 radical (unpaired) electrons. The van der Waals surface area contributed by atoms with E-state index >= 15 is 0 Å². The molecule has 1 aromatic carbocycles. The molecule has 0 N–H and O–H groups in total. The van der Waals surface area contributed by atoms with Gasteiger partial charge in [-0.05, 0) is 42.0 Å². The predicted octanol–water partition coefficient (Wildman–Crippen LogP) is 4.18. The number of nitrogens with zero attached hydrogens (tertiary/aromatic N) is 2. The average Bonchev–Trinajstić information content (AvgIpc) is 2.53. The van der Waals surface area contributed by atoms with E-state index in [4.69, 9.17) is 11.6 Å². The van der Waals surface area contributed by atoms with Gasteiger partial charge in [0.25, 0.3) is 0 Å². The van der Waals surface area contributed by atoms with Crippen molar-refractivity contribution in [3.8, 4) is 0 Å². The van der Waals surface area contributed by atoms with Crippen LogP contribution in [0.5, 0.6) is 0 Å². The molecule has 0 saturated heterocycles. The third kappa shape index (κ3) is 3.15. The van der Waals surface area contributed by atoms with Gasteiger partial charge in [0.15, 0.2) is 0 Å². The monoisotopic (exact) mass is 294 g/mol. The van der Waals surface area contributed by atoms with Gasteiger partial charge in [-0.3, -0.25) is 14.8 Å². The number of carbonyl (C=O) groups is 1. The molecule has 0 fully saturated rings. The summed E-state index contributed by atoms with van der Waals surface area (Å²) in [5.41, 5.74) is 2.25. The van der Waals surface area contributed by atoms with E-state index in [1.807, 2.05) is 30.3 Å². The second-order valence-electron chi connectivity index (χ2n) is 4.51. The summed E-state index contributed by atoms with van der Waals surface area (Å²) in [6.45, 7) is 0. The van der Waals surface area contributed by atoms with E-state index < -0.39 is 0 Å². The zero-order valence-corrected chi connectivity index (χ0v) is 11.8. The van der Waals surface area contributed by atoms with Crippen molar-refractivity contribution in [1.29, 1.82) is 0 Å². The minimum atomic E-state index is -0.155. The standard InChI is InChI=1S/C17H11ClN2O/c18-14-5-7-16(20-11-14)17(21)8-4-12-3-6-15-13(10-12)2-1-9-19-15/h1-11H/b8-4+. The molecule has 4 heteroatoms. The van der Waals surface area contributed by atoms with Crippen LogP contribution in [0, 0.1) is 0 Å². The van der Waals surface area contributed by atoms with Gasteiger partial charge < -0.3 is 0 Å². The normalized spacial score (nSPS) is 11.1. The highest BCUT2D eigenvalue weighted by Gasteiger charge is 2.03. The number of hydrogen-bond acceptors (Lipinski definition) is 3. The Kier molecular flexibility index (Phi) is 3.75. The van der Waals surface area contributed by atoms with E-state index in [-0.39, 0.29) is 5.78 Å². The van der Waals surface area contributed by atoms with Crippen molar-refractivity contribution in [3.05, 3.63) is 77.2 Å². The Labute approximate surface area is 126 Å². The number of fused-ring (bicyclic) bond motifs is 1. The first-order valence-corrected chi connectivity index (χ1v) is 6.79. The molecule has 0 atom stereocenters. The molecule has 2 aromatic heterocycles. The molecule has 21 heavy (non-hydrogen) atoms. The van der Waals surface area contributed by atoms with Crippen LogP contribution in [0.15, 0.2) is 60.9 Å². The molecule has 3 rings (SSSR count). The van der Waals surface area contributed by atoms with Crippen LogP contribution in [0.4, 0.5) is 0 Å². The summed E-state index contributed by atoms with van der Waals surface area (Å²) >= 11 is 5.75. The van der Waals surface area contributed by atoms with Crippen molar-refractivity contribution in [1.82, 2.24) is 9.97 Å². The van der Waals surface area contributed by atoms with Crippen LogP contribution < -0.4 is 0 Å². The molecular weight excluding hydrogens is 284 g/mol. The smallest absolute Gasteiger partial charge is 0.204 e. The van der Waals surface area contributed by atoms with E-state index in [0.29, 0.717) is 10.7 Å². The van der Waals surface area contributed by atoms with Crippen LogP contribution in [0.2, 0.25) is 5.02 Å². The lowest BCUT2D eigenvalue weighted by Gasteiger charge is -1.98. The van der Waals surface area contributed by atoms with Crippen LogP contribution in [0.3, 0.4) is 0 Å². The Balaban J connectivity index is 1.83. The Morgan fingerprint density at radius 1 is 1.10 bits per heavy atom. The molecule has 2 heterocycles. The van der Waals surface area contributed by atoms with Crippen molar-refractivity contribution in [2.24, 2.45) is 0 Å². The van der Waals surface area contributed by atoms with Gasteiger partial charge in [0, 0.05) is 17.8 Å². The van der Waals surface area contributed by atoms with E-state index in [2.05, 4.69) is 9.97 Å². The summed E-state index contributed by atoms with van der Waals surface area (Å²) < 4.78 is 0. The number of allylic oxidation sites excluding steroid dienone is 1. The number of rotatable bonds is 3. The highest BCUT2D eigenvalue weighted by molar-refractivity contribution is 6.30. The fraction of sp³-hybridized carbons (Fsp3) is 0. The van der Waals surface area contributed by atoms with Gasteiger partial charge in [-0.15, -0.1) is 0 Å². The summed E-state index contributed by atoms with van der Waals surface area (Å²) in [6.07, 6.45) is 6.50. The number of ketones is 1. The Bertz CT molecular complexity index is 826. The molecule has 0 aliphatic rings. The third-order valence-electron chi connectivity index (χ3n) is 3.03. The number of carbonyl (C=O) groups excluding carboxylic acids is 1.